The maximum absolute atomic E-state index is 12.1. The Labute approximate surface area is 158 Å². The highest BCUT2D eigenvalue weighted by atomic mass is 35.5. The summed E-state index contributed by atoms with van der Waals surface area (Å²) >= 11 is 6.95. The van der Waals surface area contributed by atoms with Gasteiger partial charge in [-0.1, -0.05) is 28.5 Å². The smallest absolute Gasteiger partial charge is 0.277 e. The monoisotopic (exact) mass is 394 g/mol. The number of aryl methyl sites for hydroxylation is 1. The molecule has 2 heterocycles. The standard InChI is InChI=1S/C16H15ClN4O4S/c1-9-7-13(25-21-9)18-15(22)10(2)26-16-20-19-14(24-16)8-23-12-5-3-11(17)4-6-12/h3-7,10H,8H2,1-2H3,(H,18,22). The summed E-state index contributed by atoms with van der Waals surface area (Å²) in [6.07, 6.45) is 0. The van der Waals surface area contributed by atoms with Gasteiger partial charge in [-0.2, -0.15) is 0 Å². The van der Waals surface area contributed by atoms with E-state index in [-0.39, 0.29) is 17.7 Å². The van der Waals surface area contributed by atoms with Crippen LogP contribution >= 0.6 is 23.4 Å². The average molecular weight is 395 g/mol. The third kappa shape index (κ3) is 4.99. The summed E-state index contributed by atoms with van der Waals surface area (Å²) in [5, 5.41) is 14.6. The van der Waals surface area contributed by atoms with Gasteiger partial charge in [0, 0.05) is 11.1 Å². The van der Waals surface area contributed by atoms with E-state index in [4.69, 9.17) is 25.3 Å². The van der Waals surface area contributed by atoms with E-state index in [2.05, 4.69) is 20.7 Å². The number of amides is 1. The summed E-state index contributed by atoms with van der Waals surface area (Å²) in [4.78, 5) is 12.1. The number of carbonyl (C=O) groups excluding carboxylic acids is 1. The van der Waals surface area contributed by atoms with Crippen LogP contribution in [0.1, 0.15) is 18.5 Å². The molecule has 0 fully saturated rings. The largest absolute Gasteiger partial charge is 0.484 e. The molecule has 1 N–H and O–H groups in total. The van der Waals surface area contributed by atoms with Gasteiger partial charge in [-0.3, -0.25) is 10.1 Å². The molecule has 0 bridgehead atoms. The Bertz CT molecular complexity index is 881. The first kappa shape index (κ1) is 18.3. The van der Waals surface area contributed by atoms with E-state index in [1.807, 2.05) is 0 Å². The van der Waals surface area contributed by atoms with Crippen LogP contribution in [0.25, 0.3) is 0 Å². The maximum atomic E-state index is 12.1. The maximum Gasteiger partial charge on any atom is 0.277 e. The van der Waals surface area contributed by atoms with Crippen molar-refractivity contribution in [3.63, 3.8) is 0 Å². The van der Waals surface area contributed by atoms with Crippen LogP contribution in [0.5, 0.6) is 5.75 Å². The number of ether oxygens (including phenoxy) is 1. The van der Waals surface area contributed by atoms with Gasteiger partial charge in [-0.05, 0) is 38.1 Å². The molecular weight excluding hydrogens is 380 g/mol. The number of benzene rings is 1. The first-order valence-corrected chi connectivity index (χ1v) is 8.87. The summed E-state index contributed by atoms with van der Waals surface area (Å²) < 4.78 is 16.0. The quantitative estimate of drug-likeness (QED) is 0.604. The van der Waals surface area contributed by atoms with Crippen LogP contribution in [0.2, 0.25) is 5.02 Å². The van der Waals surface area contributed by atoms with E-state index in [1.54, 1.807) is 44.2 Å². The van der Waals surface area contributed by atoms with Gasteiger partial charge >= 0.3 is 0 Å². The van der Waals surface area contributed by atoms with Crippen molar-refractivity contribution < 1.29 is 18.5 Å². The molecule has 1 unspecified atom stereocenters. The lowest BCUT2D eigenvalue weighted by molar-refractivity contribution is -0.115. The molecule has 0 saturated carbocycles. The SMILES string of the molecule is Cc1cc(NC(=O)C(C)Sc2nnc(COc3ccc(Cl)cc3)o2)on1. The second-order valence-corrected chi connectivity index (χ2v) is 7.01. The summed E-state index contributed by atoms with van der Waals surface area (Å²) in [6, 6.07) is 8.57. The molecule has 0 saturated heterocycles. The van der Waals surface area contributed by atoms with Crippen LogP contribution in [0.4, 0.5) is 5.88 Å². The Morgan fingerprint density at radius 3 is 2.81 bits per heavy atom. The molecule has 1 amide bonds. The molecule has 2 aromatic heterocycles. The third-order valence-electron chi connectivity index (χ3n) is 3.15. The van der Waals surface area contributed by atoms with Crippen LogP contribution in [-0.2, 0) is 11.4 Å². The topological polar surface area (TPSA) is 103 Å². The number of nitrogens with zero attached hydrogens (tertiary/aromatic N) is 3. The Morgan fingerprint density at radius 1 is 1.35 bits per heavy atom. The molecule has 3 rings (SSSR count). The minimum atomic E-state index is -0.467. The van der Waals surface area contributed by atoms with Crippen LogP contribution in [0.15, 0.2) is 44.5 Å². The number of nitrogens with one attached hydrogen (secondary N) is 1. The molecule has 0 aliphatic heterocycles. The number of rotatable bonds is 7. The van der Waals surface area contributed by atoms with Gasteiger partial charge in [0.05, 0.1) is 10.9 Å². The van der Waals surface area contributed by atoms with Crippen molar-refractivity contribution in [3.05, 3.63) is 46.9 Å². The Hall–Kier alpha value is -2.52. The van der Waals surface area contributed by atoms with Crippen molar-refractivity contribution in [1.82, 2.24) is 15.4 Å². The molecule has 26 heavy (non-hydrogen) atoms. The number of carbonyl (C=O) groups is 1. The summed E-state index contributed by atoms with van der Waals surface area (Å²) in [5.74, 6) is 0.976. The highest BCUT2D eigenvalue weighted by Crippen LogP contribution is 2.24. The summed E-state index contributed by atoms with van der Waals surface area (Å²) in [5.41, 5.74) is 0.683. The second kappa shape index (κ2) is 8.24. The fourth-order valence-corrected chi connectivity index (χ4v) is 2.70. The number of aromatic nitrogens is 3. The van der Waals surface area contributed by atoms with Crippen LogP contribution in [0, 0.1) is 6.92 Å². The van der Waals surface area contributed by atoms with Crippen molar-refractivity contribution in [1.29, 1.82) is 0 Å². The van der Waals surface area contributed by atoms with Gasteiger partial charge in [0.2, 0.25) is 11.8 Å². The Kier molecular flexibility index (Phi) is 5.79. The summed E-state index contributed by atoms with van der Waals surface area (Å²) in [6.45, 7) is 3.60. The van der Waals surface area contributed by atoms with Gasteiger partial charge in [0.15, 0.2) is 6.61 Å². The van der Waals surface area contributed by atoms with Crippen molar-refractivity contribution in [2.24, 2.45) is 0 Å². The van der Waals surface area contributed by atoms with Gasteiger partial charge in [0.25, 0.3) is 11.1 Å². The zero-order valence-corrected chi connectivity index (χ0v) is 15.5. The lowest BCUT2D eigenvalue weighted by Crippen LogP contribution is -2.22. The normalized spacial score (nSPS) is 12.0. The van der Waals surface area contributed by atoms with Gasteiger partial charge in [0.1, 0.15) is 5.75 Å². The predicted molar refractivity (Wildman–Crippen MR) is 95.3 cm³/mol. The van der Waals surface area contributed by atoms with Crippen molar-refractivity contribution in [2.45, 2.75) is 30.9 Å². The Balaban J connectivity index is 1.50. The predicted octanol–water partition coefficient (Wildman–Crippen LogP) is 3.72. The van der Waals surface area contributed by atoms with Crippen LogP contribution < -0.4 is 10.1 Å². The lowest BCUT2D eigenvalue weighted by Gasteiger charge is -2.06. The average Bonchev–Trinajstić information content (AvgIpc) is 3.23. The van der Waals surface area contributed by atoms with Gasteiger partial charge in [-0.25, -0.2) is 0 Å². The van der Waals surface area contributed by atoms with E-state index in [1.165, 1.54) is 0 Å². The van der Waals surface area contributed by atoms with Crippen molar-refractivity contribution >= 4 is 35.2 Å². The molecule has 1 aromatic carbocycles. The van der Waals surface area contributed by atoms with E-state index in [0.29, 0.717) is 28.2 Å². The molecule has 3 aromatic rings. The second-order valence-electron chi connectivity index (χ2n) is 5.29. The van der Waals surface area contributed by atoms with Crippen molar-refractivity contribution in [3.8, 4) is 5.75 Å². The van der Waals surface area contributed by atoms with Gasteiger partial charge < -0.3 is 13.7 Å². The first-order chi connectivity index (χ1) is 12.5. The fourth-order valence-electron chi connectivity index (χ4n) is 1.87. The molecule has 0 aliphatic rings. The molecule has 0 spiro atoms. The summed E-state index contributed by atoms with van der Waals surface area (Å²) in [7, 11) is 0. The van der Waals surface area contributed by atoms with Crippen LogP contribution in [0.3, 0.4) is 0 Å². The minimum Gasteiger partial charge on any atom is -0.484 e. The van der Waals surface area contributed by atoms with E-state index in [9.17, 15) is 4.79 Å². The zero-order chi connectivity index (χ0) is 18.5. The minimum absolute atomic E-state index is 0.118. The highest BCUT2D eigenvalue weighted by Gasteiger charge is 2.19. The number of halogens is 1. The number of hydrogen-bond donors (Lipinski definition) is 1. The Morgan fingerprint density at radius 2 is 2.12 bits per heavy atom. The van der Waals surface area contributed by atoms with E-state index < -0.39 is 5.25 Å². The molecule has 0 aliphatic carbocycles. The van der Waals surface area contributed by atoms with Crippen LogP contribution in [-0.4, -0.2) is 26.5 Å². The van der Waals surface area contributed by atoms with Crippen molar-refractivity contribution in [2.75, 3.05) is 5.32 Å². The number of anilines is 1. The van der Waals surface area contributed by atoms with E-state index >= 15 is 0 Å². The number of hydrogen-bond acceptors (Lipinski definition) is 8. The lowest BCUT2D eigenvalue weighted by atomic mass is 10.3. The molecule has 136 valence electrons. The fraction of sp³-hybridized carbons (Fsp3) is 0.250. The molecule has 1 atom stereocenters. The zero-order valence-electron chi connectivity index (χ0n) is 13.9. The molecular formula is C16H15ClN4O4S. The van der Waals surface area contributed by atoms with E-state index in [0.717, 1.165) is 11.8 Å². The highest BCUT2D eigenvalue weighted by molar-refractivity contribution is 8.00. The molecule has 8 nitrogen and oxygen atoms in total. The number of thioether (sulfide) groups is 1. The van der Waals surface area contributed by atoms with Gasteiger partial charge in [-0.15, -0.1) is 10.2 Å². The third-order valence-corrected chi connectivity index (χ3v) is 4.33. The molecule has 0 radical (unpaired) electrons. The first-order valence-electron chi connectivity index (χ1n) is 7.61. The molecule has 10 heteroatoms.